The van der Waals surface area contributed by atoms with Gasteiger partial charge in [-0.3, -0.25) is 0 Å². The zero-order chi connectivity index (χ0) is 21.3. The molecule has 6 heteroatoms. The maximum atomic E-state index is 5.45. The lowest BCUT2D eigenvalue weighted by Gasteiger charge is -2.14. The van der Waals surface area contributed by atoms with Crippen LogP contribution in [0.5, 0.6) is 0 Å². The van der Waals surface area contributed by atoms with Gasteiger partial charge in [0, 0.05) is 37.6 Å². The van der Waals surface area contributed by atoms with Gasteiger partial charge in [-0.25, -0.2) is 4.98 Å². The van der Waals surface area contributed by atoms with Crippen LogP contribution >= 0.6 is 0 Å². The molecule has 30 heavy (non-hydrogen) atoms. The van der Waals surface area contributed by atoms with E-state index < -0.39 is 0 Å². The van der Waals surface area contributed by atoms with Crippen LogP contribution in [0.1, 0.15) is 36.8 Å². The van der Waals surface area contributed by atoms with Crippen molar-refractivity contribution in [3.8, 4) is 11.4 Å². The van der Waals surface area contributed by atoms with Gasteiger partial charge in [0.1, 0.15) is 5.82 Å². The van der Waals surface area contributed by atoms with Crippen molar-refractivity contribution in [3.63, 3.8) is 0 Å². The second-order valence-electron chi connectivity index (χ2n) is 8.11. The van der Waals surface area contributed by atoms with Gasteiger partial charge in [-0.15, -0.1) is 0 Å². The van der Waals surface area contributed by atoms with Gasteiger partial charge in [0.05, 0.1) is 11.1 Å². The van der Waals surface area contributed by atoms with Gasteiger partial charge in [0.2, 0.25) is 11.7 Å². The quantitative estimate of drug-likeness (QED) is 0.467. The van der Waals surface area contributed by atoms with E-state index in [2.05, 4.69) is 69.7 Å². The lowest BCUT2D eigenvalue weighted by Crippen LogP contribution is -2.09. The number of fused-ring (bicyclic) bond motifs is 1. The predicted molar refractivity (Wildman–Crippen MR) is 122 cm³/mol. The Balaban J connectivity index is 1.70. The first-order chi connectivity index (χ1) is 14.4. The van der Waals surface area contributed by atoms with Gasteiger partial charge in [0.25, 0.3) is 0 Å². The first-order valence-electron chi connectivity index (χ1n) is 10.2. The minimum atomic E-state index is 0.175. The Kier molecular flexibility index (Phi) is 5.40. The molecule has 0 fully saturated rings. The minimum absolute atomic E-state index is 0.175. The molecule has 4 aromatic rings. The Morgan fingerprint density at radius 2 is 1.77 bits per heavy atom. The van der Waals surface area contributed by atoms with Gasteiger partial charge >= 0.3 is 0 Å². The number of nitrogens with zero attached hydrogens (tertiary/aromatic N) is 4. The van der Waals surface area contributed by atoms with E-state index >= 15 is 0 Å². The van der Waals surface area contributed by atoms with Crippen LogP contribution in [0.3, 0.4) is 0 Å². The number of rotatable bonds is 6. The summed E-state index contributed by atoms with van der Waals surface area (Å²) in [6.45, 7) is 6.81. The van der Waals surface area contributed by atoms with Crippen molar-refractivity contribution in [3.05, 3.63) is 65.5 Å². The number of hydrogen-bond donors (Lipinski definition) is 1. The molecule has 0 saturated carbocycles. The zero-order valence-corrected chi connectivity index (χ0v) is 18.1. The van der Waals surface area contributed by atoms with Gasteiger partial charge in [0.15, 0.2) is 0 Å². The summed E-state index contributed by atoms with van der Waals surface area (Å²) in [7, 11) is 4.08. The molecule has 0 bridgehead atoms. The van der Waals surface area contributed by atoms with E-state index in [0.717, 1.165) is 22.3 Å². The summed E-state index contributed by atoms with van der Waals surface area (Å²) in [6, 6.07) is 16.8. The van der Waals surface area contributed by atoms with E-state index in [1.54, 1.807) is 0 Å². The average Bonchev–Trinajstić information content (AvgIpc) is 3.22. The summed E-state index contributed by atoms with van der Waals surface area (Å²) in [6.07, 6.45) is 0. The molecule has 0 aliphatic rings. The van der Waals surface area contributed by atoms with Crippen LogP contribution in [-0.2, 0) is 6.54 Å². The molecule has 0 radical (unpaired) electrons. The SMILES string of the molecule is Cc1ccc2nc(NCc3ccc(N(C)C)cc3)c(-c3noc(C(C)C)n3)cc2c1. The maximum absolute atomic E-state index is 5.45. The largest absolute Gasteiger partial charge is 0.378 e. The molecule has 0 aliphatic heterocycles. The van der Waals surface area contributed by atoms with E-state index in [4.69, 9.17) is 9.51 Å². The van der Waals surface area contributed by atoms with Crippen molar-refractivity contribution < 1.29 is 4.52 Å². The third-order valence-electron chi connectivity index (χ3n) is 5.06. The highest BCUT2D eigenvalue weighted by molar-refractivity contribution is 5.88. The number of pyridine rings is 1. The second-order valence-corrected chi connectivity index (χ2v) is 8.11. The summed E-state index contributed by atoms with van der Waals surface area (Å²) in [5, 5.41) is 8.74. The van der Waals surface area contributed by atoms with Gasteiger partial charge < -0.3 is 14.7 Å². The van der Waals surface area contributed by atoms with Gasteiger partial charge in [-0.2, -0.15) is 4.98 Å². The highest BCUT2D eigenvalue weighted by Gasteiger charge is 2.17. The molecule has 2 aromatic carbocycles. The molecule has 2 heterocycles. The number of aryl methyl sites for hydroxylation is 1. The molecule has 6 nitrogen and oxygen atoms in total. The van der Waals surface area contributed by atoms with Crippen molar-refractivity contribution in [1.82, 2.24) is 15.1 Å². The fourth-order valence-corrected chi connectivity index (χ4v) is 3.28. The average molecular weight is 402 g/mol. The molecule has 2 aromatic heterocycles. The summed E-state index contributed by atoms with van der Waals surface area (Å²) >= 11 is 0. The van der Waals surface area contributed by atoms with Crippen molar-refractivity contribution in [2.45, 2.75) is 33.2 Å². The number of benzene rings is 2. The first-order valence-corrected chi connectivity index (χ1v) is 10.2. The molecule has 154 valence electrons. The Morgan fingerprint density at radius 3 is 2.43 bits per heavy atom. The van der Waals surface area contributed by atoms with Crippen molar-refractivity contribution in [1.29, 1.82) is 0 Å². The fourth-order valence-electron chi connectivity index (χ4n) is 3.28. The van der Waals surface area contributed by atoms with E-state index in [-0.39, 0.29) is 5.92 Å². The van der Waals surface area contributed by atoms with Crippen LogP contribution in [0.2, 0.25) is 0 Å². The van der Waals surface area contributed by atoms with Crippen molar-refractivity contribution in [2.24, 2.45) is 0 Å². The lowest BCUT2D eigenvalue weighted by molar-refractivity contribution is 0.365. The monoisotopic (exact) mass is 401 g/mol. The molecule has 0 saturated heterocycles. The van der Waals surface area contributed by atoms with Crippen molar-refractivity contribution >= 4 is 22.4 Å². The summed E-state index contributed by atoms with van der Waals surface area (Å²) < 4.78 is 5.45. The topological polar surface area (TPSA) is 67.1 Å². The molecule has 0 unspecified atom stereocenters. The van der Waals surface area contributed by atoms with Crippen LogP contribution in [0.4, 0.5) is 11.5 Å². The number of aromatic nitrogens is 3. The molecule has 4 rings (SSSR count). The van der Waals surface area contributed by atoms with Crippen LogP contribution in [0.15, 0.2) is 53.1 Å². The molecule has 0 aliphatic carbocycles. The van der Waals surface area contributed by atoms with Gasteiger partial charge in [-0.05, 0) is 42.8 Å². The standard InChI is InChI=1S/C24H27N5O/c1-15(2)24-27-23(28-30-24)20-13-18-12-16(3)6-11-21(18)26-22(20)25-14-17-7-9-19(10-8-17)29(4)5/h6-13,15H,14H2,1-5H3,(H,25,26). The Morgan fingerprint density at radius 1 is 1.00 bits per heavy atom. The zero-order valence-electron chi connectivity index (χ0n) is 18.1. The number of nitrogens with one attached hydrogen (secondary N) is 1. The molecule has 1 N–H and O–H groups in total. The number of hydrogen-bond acceptors (Lipinski definition) is 6. The van der Waals surface area contributed by atoms with E-state index in [1.807, 2.05) is 34.0 Å². The Labute approximate surface area is 176 Å². The Bertz CT molecular complexity index is 1160. The summed E-state index contributed by atoms with van der Waals surface area (Å²) in [5.74, 6) is 2.10. The molecule has 0 amide bonds. The van der Waals surface area contributed by atoms with E-state index in [1.165, 1.54) is 16.8 Å². The van der Waals surface area contributed by atoms with Gasteiger partial charge in [-0.1, -0.05) is 42.8 Å². The maximum Gasteiger partial charge on any atom is 0.229 e. The predicted octanol–water partition coefficient (Wildman–Crippen LogP) is 5.39. The first kappa shape index (κ1) is 19.9. The smallest absolute Gasteiger partial charge is 0.229 e. The molecular formula is C24H27N5O. The molecular weight excluding hydrogens is 374 g/mol. The third kappa shape index (κ3) is 4.13. The second kappa shape index (κ2) is 8.14. The fraction of sp³-hybridized carbons (Fsp3) is 0.292. The summed E-state index contributed by atoms with van der Waals surface area (Å²) in [5.41, 5.74) is 5.31. The third-order valence-corrected chi connectivity index (χ3v) is 5.06. The molecule has 0 spiro atoms. The lowest BCUT2D eigenvalue weighted by atomic mass is 10.1. The van der Waals surface area contributed by atoms with Crippen molar-refractivity contribution in [2.75, 3.05) is 24.3 Å². The van der Waals surface area contributed by atoms with Crippen LogP contribution < -0.4 is 10.2 Å². The molecule has 0 atom stereocenters. The van der Waals surface area contributed by atoms with Crippen LogP contribution in [0, 0.1) is 6.92 Å². The highest BCUT2D eigenvalue weighted by Crippen LogP contribution is 2.30. The number of anilines is 2. The Hall–Kier alpha value is -3.41. The normalized spacial score (nSPS) is 11.3. The highest BCUT2D eigenvalue weighted by atomic mass is 16.5. The van der Waals surface area contributed by atoms with E-state index in [0.29, 0.717) is 18.3 Å². The van der Waals surface area contributed by atoms with E-state index in [9.17, 15) is 0 Å². The van der Waals surface area contributed by atoms with Crippen LogP contribution in [0.25, 0.3) is 22.3 Å². The summed E-state index contributed by atoms with van der Waals surface area (Å²) in [4.78, 5) is 11.5. The van der Waals surface area contributed by atoms with Crippen LogP contribution in [-0.4, -0.2) is 29.2 Å². The minimum Gasteiger partial charge on any atom is -0.378 e.